The minimum atomic E-state index is -0.198. The number of aromatic nitrogens is 1. The number of halogens is 1. The lowest BCUT2D eigenvalue weighted by molar-refractivity contribution is -0.907. The number of rotatable bonds is 5. The van der Waals surface area contributed by atoms with Crippen molar-refractivity contribution in [3.8, 4) is 0 Å². The quantitative estimate of drug-likeness (QED) is 0.734. The molecule has 0 spiro atoms. The van der Waals surface area contributed by atoms with Crippen LogP contribution in [0.3, 0.4) is 0 Å². The van der Waals surface area contributed by atoms with Crippen molar-refractivity contribution in [3.63, 3.8) is 0 Å². The lowest BCUT2D eigenvalue weighted by atomic mass is 10.2. The van der Waals surface area contributed by atoms with Gasteiger partial charge < -0.3 is 10.2 Å². The summed E-state index contributed by atoms with van der Waals surface area (Å²) in [6, 6.07) is 15.1. The van der Waals surface area contributed by atoms with Gasteiger partial charge in [-0.15, -0.1) is 11.3 Å². The van der Waals surface area contributed by atoms with Crippen LogP contribution in [0.1, 0.15) is 11.9 Å². The van der Waals surface area contributed by atoms with Crippen LogP contribution in [0.25, 0.3) is 10.2 Å². The minimum absolute atomic E-state index is 0.0316. The number of benzene rings is 2. The van der Waals surface area contributed by atoms with Gasteiger partial charge in [-0.05, 0) is 37.3 Å². The van der Waals surface area contributed by atoms with Gasteiger partial charge in [0, 0.05) is 10.7 Å². The van der Waals surface area contributed by atoms with E-state index in [0.29, 0.717) is 17.3 Å². The molecular weight excluding hydrogens is 342 g/mol. The fraction of sp³-hybridized carbons (Fsp3) is 0.222. The normalized spacial score (nSPS) is 13.6. The molecule has 24 heavy (non-hydrogen) atoms. The molecule has 0 saturated carbocycles. The number of nitrogens with one attached hydrogen (secondary N) is 2. The van der Waals surface area contributed by atoms with E-state index in [9.17, 15) is 4.79 Å². The maximum atomic E-state index is 12.4. The summed E-state index contributed by atoms with van der Waals surface area (Å²) in [4.78, 5) is 18.2. The van der Waals surface area contributed by atoms with Crippen molar-refractivity contribution in [3.05, 3.63) is 58.6 Å². The van der Waals surface area contributed by atoms with Crippen LogP contribution in [-0.4, -0.2) is 24.0 Å². The number of anilines is 1. The average Bonchev–Trinajstić information content (AvgIpc) is 2.96. The summed E-state index contributed by atoms with van der Waals surface area (Å²) in [5.74, 6) is -0.0316. The summed E-state index contributed by atoms with van der Waals surface area (Å²) in [6.07, 6.45) is 0. The van der Waals surface area contributed by atoms with Gasteiger partial charge in [0.15, 0.2) is 6.04 Å². The van der Waals surface area contributed by atoms with Gasteiger partial charge in [0.05, 0.1) is 17.3 Å². The Morgan fingerprint density at radius 3 is 2.83 bits per heavy atom. The molecule has 1 unspecified atom stereocenters. The van der Waals surface area contributed by atoms with Gasteiger partial charge in [0.1, 0.15) is 11.6 Å². The first-order valence-electron chi connectivity index (χ1n) is 7.76. The van der Waals surface area contributed by atoms with E-state index in [-0.39, 0.29) is 11.9 Å². The predicted octanol–water partition coefficient (Wildman–Crippen LogP) is 2.99. The van der Waals surface area contributed by atoms with E-state index in [2.05, 4.69) is 16.4 Å². The number of hydrogen-bond donors (Lipinski definition) is 2. The third-order valence-electron chi connectivity index (χ3n) is 3.99. The zero-order valence-electron chi connectivity index (χ0n) is 13.5. The summed E-state index contributed by atoms with van der Waals surface area (Å²) in [5, 5.41) is 4.56. The average molecular weight is 361 g/mol. The number of likely N-dealkylation sites (N-methyl/N-ethyl adjacent to an activating group) is 1. The van der Waals surface area contributed by atoms with Gasteiger partial charge in [-0.1, -0.05) is 29.8 Å². The zero-order chi connectivity index (χ0) is 17.1. The van der Waals surface area contributed by atoms with Gasteiger partial charge >= 0.3 is 0 Å². The van der Waals surface area contributed by atoms with Crippen molar-refractivity contribution in [2.45, 2.75) is 19.5 Å². The van der Waals surface area contributed by atoms with Gasteiger partial charge in [-0.25, -0.2) is 4.98 Å². The molecule has 124 valence electrons. The summed E-state index contributed by atoms with van der Waals surface area (Å²) in [5.41, 5.74) is 1.73. The molecular formula is C18H19ClN3OS+. The molecule has 3 rings (SSSR count). The van der Waals surface area contributed by atoms with Crippen LogP contribution in [0.4, 0.5) is 5.69 Å². The van der Waals surface area contributed by atoms with Gasteiger partial charge in [-0.2, -0.15) is 0 Å². The van der Waals surface area contributed by atoms with Crippen molar-refractivity contribution >= 4 is 44.7 Å². The Hall–Kier alpha value is -1.95. The molecule has 1 amide bonds. The molecule has 1 aromatic heterocycles. The largest absolute Gasteiger partial charge is 0.322 e. The molecule has 4 nitrogen and oxygen atoms in total. The van der Waals surface area contributed by atoms with Crippen molar-refractivity contribution in [1.29, 1.82) is 0 Å². The number of fused-ring (bicyclic) bond motifs is 1. The first-order chi connectivity index (χ1) is 11.5. The fourth-order valence-corrected chi connectivity index (χ4v) is 3.68. The Labute approximate surface area is 150 Å². The molecule has 2 atom stereocenters. The smallest absolute Gasteiger partial charge is 0.282 e. The topological polar surface area (TPSA) is 46.4 Å². The highest BCUT2D eigenvalue weighted by Gasteiger charge is 2.23. The molecule has 2 N–H and O–H groups in total. The summed E-state index contributed by atoms with van der Waals surface area (Å²) in [7, 11) is 2.01. The Bertz CT molecular complexity index is 831. The van der Waals surface area contributed by atoms with Crippen LogP contribution in [0.15, 0.2) is 48.5 Å². The molecule has 0 fully saturated rings. The number of para-hydroxylation sites is 1. The van der Waals surface area contributed by atoms with Crippen molar-refractivity contribution in [1.82, 2.24) is 4.98 Å². The third kappa shape index (κ3) is 3.93. The second-order valence-corrected chi connectivity index (χ2v) is 7.37. The molecule has 0 aliphatic carbocycles. The molecule has 0 radical (unpaired) electrons. The lowest BCUT2D eigenvalue weighted by Gasteiger charge is -2.20. The maximum absolute atomic E-state index is 12.4. The Morgan fingerprint density at radius 2 is 2.08 bits per heavy atom. The van der Waals surface area contributed by atoms with Crippen molar-refractivity contribution in [2.24, 2.45) is 0 Å². The van der Waals surface area contributed by atoms with Gasteiger partial charge in [0.2, 0.25) is 0 Å². The van der Waals surface area contributed by atoms with E-state index in [4.69, 9.17) is 11.6 Å². The number of nitrogens with zero attached hydrogens (tertiary/aromatic N) is 1. The maximum Gasteiger partial charge on any atom is 0.282 e. The monoisotopic (exact) mass is 360 g/mol. The molecule has 3 aromatic rings. The molecule has 0 bridgehead atoms. The molecule has 0 aliphatic rings. The van der Waals surface area contributed by atoms with Crippen molar-refractivity contribution in [2.75, 3.05) is 12.4 Å². The second-order valence-electron chi connectivity index (χ2n) is 5.82. The summed E-state index contributed by atoms with van der Waals surface area (Å²) in [6.45, 7) is 2.63. The van der Waals surface area contributed by atoms with Crippen LogP contribution < -0.4 is 10.2 Å². The third-order valence-corrected chi connectivity index (χ3v) is 5.26. The minimum Gasteiger partial charge on any atom is -0.322 e. The first-order valence-corrected chi connectivity index (χ1v) is 8.95. The second kappa shape index (κ2) is 7.30. The highest BCUT2D eigenvalue weighted by molar-refractivity contribution is 7.18. The summed E-state index contributed by atoms with van der Waals surface area (Å²) >= 11 is 7.63. The standard InChI is InChI=1S/C18H18ClN3OS/c1-12(18(23)20-14-7-5-6-13(19)10-14)22(2)11-17-21-15-8-3-4-9-16(15)24-17/h3-10,12H,11H2,1-2H3,(H,20,23)/p+1/t12-/m0/s1. The highest BCUT2D eigenvalue weighted by Crippen LogP contribution is 2.20. The summed E-state index contributed by atoms with van der Waals surface area (Å²) < 4.78 is 1.18. The predicted molar refractivity (Wildman–Crippen MR) is 99.8 cm³/mol. The van der Waals surface area contributed by atoms with Crippen LogP contribution in [0, 0.1) is 0 Å². The van der Waals surface area contributed by atoms with Crippen LogP contribution in [0.5, 0.6) is 0 Å². The number of quaternary nitrogens is 1. The molecule has 1 heterocycles. The fourth-order valence-electron chi connectivity index (χ4n) is 2.43. The Kier molecular flexibility index (Phi) is 5.14. The lowest BCUT2D eigenvalue weighted by Crippen LogP contribution is -3.12. The molecule has 2 aromatic carbocycles. The number of carbonyl (C=O) groups is 1. The van der Waals surface area contributed by atoms with E-state index in [0.717, 1.165) is 15.4 Å². The molecule has 6 heteroatoms. The Morgan fingerprint density at radius 1 is 1.29 bits per heavy atom. The van der Waals surface area contributed by atoms with Gasteiger partial charge in [-0.3, -0.25) is 4.79 Å². The van der Waals surface area contributed by atoms with Gasteiger partial charge in [0.25, 0.3) is 5.91 Å². The number of hydrogen-bond acceptors (Lipinski definition) is 3. The Balaban J connectivity index is 1.65. The van der Waals surface area contributed by atoms with Crippen LogP contribution in [-0.2, 0) is 11.3 Å². The number of carbonyl (C=O) groups excluding carboxylic acids is 1. The number of amides is 1. The first kappa shape index (κ1) is 16.9. The molecule has 0 aliphatic heterocycles. The number of thiazole rings is 1. The van der Waals surface area contributed by atoms with Crippen molar-refractivity contribution < 1.29 is 9.69 Å². The van der Waals surface area contributed by atoms with Crippen LogP contribution in [0.2, 0.25) is 5.02 Å². The van der Waals surface area contributed by atoms with E-state index < -0.39 is 0 Å². The van der Waals surface area contributed by atoms with Crippen LogP contribution >= 0.6 is 22.9 Å². The zero-order valence-corrected chi connectivity index (χ0v) is 15.1. The van der Waals surface area contributed by atoms with E-state index in [1.54, 1.807) is 23.5 Å². The SMILES string of the molecule is C[C@@H](C(=O)Nc1cccc(Cl)c1)[NH+](C)Cc1nc2ccccc2s1. The molecule has 0 saturated heterocycles. The van der Waals surface area contributed by atoms with E-state index in [1.165, 1.54) is 4.70 Å². The highest BCUT2D eigenvalue weighted by atomic mass is 35.5. The van der Waals surface area contributed by atoms with E-state index >= 15 is 0 Å². The van der Waals surface area contributed by atoms with E-state index in [1.807, 2.05) is 44.3 Å².